The Morgan fingerprint density at radius 3 is 2.45 bits per heavy atom. The summed E-state index contributed by atoms with van der Waals surface area (Å²) in [6, 6.07) is -0.229. The highest BCUT2D eigenvalue weighted by atomic mass is 16.5. The Labute approximate surface area is 117 Å². The lowest BCUT2D eigenvalue weighted by Crippen LogP contribution is -2.48. The van der Waals surface area contributed by atoms with Gasteiger partial charge in [-0.05, 0) is 12.8 Å². The standard InChI is InChI=1S/C12H21N3O5/c1-14(8-10(13)16)12(19)15-5-2-9(3-6-15)20-7-4-11(17)18/h9H,2-8H2,1H3,(H2,13,16)(H,17,18). The highest BCUT2D eigenvalue weighted by molar-refractivity contribution is 5.82. The summed E-state index contributed by atoms with van der Waals surface area (Å²) in [7, 11) is 1.53. The van der Waals surface area contributed by atoms with Crippen LogP contribution in [0.2, 0.25) is 0 Å². The Hall–Kier alpha value is -1.83. The summed E-state index contributed by atoms with van der Waals surface area (Å²) in [5.41, 5.74) is 5.04. The third-order valence-electron chi connectivity index (χ3n) is 3.10. The van der Waals surface area contributed by atoms with Crippen LogP contribution in [0.5, 0.6) is 0 Å². The van der Waals surface area contributed by atoms with Crippen molar-refractivity contribution in [2.24, 2.45) is 5.73 Å². The summed E-state index contributed by atoms with van der Waals surface area (Å²) in [5, 5.41) is 8.51. The Morgan fingerprint density at radius 2 is 1.95 bits per heavy atom. The molecule has 0 aromatic heterocycles. The van der Waals surface area contributed by atoms with Crippen LogP contribution in [0.1, 0.15) is 19.3 Å². The van der Waals surface area contributed by atoms with Crippen molar-refractivity contribution in [3.63, 3.8) is 0 Å². The van der Waals surface area contributed by atoms with E-state index in [4.69, 9.17) is 15.6 Å². The fourth-order valence-electron chi connectivity index (χ4n) is 2.07. The number of primary amides is 1. The molecule has 0 bridgehead atoms. The first-order valence-electron chi connectivity index (χ1n) is 6.52. The van der Waals surface area contributed by atoms with E-state index in [9.17, 15) is 14.4 Å². The summed E-state index contributed by atoms with van der Waals surface area (Å²) in [5.74, 6) is -1.43. The summed E-state index contributed by atoms with van der Waals surface area (Å²) >= 11 is 0. The van der Waals surface area contributed by atoms with E-state index in [2.05, 4.69) is 0 Å². The highest BCUT2D eigenvalue weighted by Crippen LogP contribution is 2.15. The van der Waals surface area contributed by atoms with Crippen LogP contribution in [0.3, 0.4) is 0 Å². The van der Waals surface area contributed by atoms with E-state index in [1.165, 1.54) is 11.9 Å². The van der Waals surface area contributed by atoms with Gasteiger partial charge in [0, 0.05) is 20.1 Å². The van der Waals surface area contributed by atoms with Gasteiger partial charge in [-0.25, -0.2) is 4.79 Å². The summed E-state index contributed by atoms with van der Waals surface area (Å²) in [6.07, 6.45) is 1.30. The molecule has 8 nitrogen and oxygen atoms in total. The van der Waals surface area contributed by atoms with Gasteiger partial charge in [0.15, 0.2) is 0 Å². The number of nitrogens with zero attached hydrogens (tertiary/aromatic N) is 2. The Balaban J connectivity index is 2.29. The van der Waals surface area contributed by atoms with Crippen LogP contribution >= 0.6 is 0 Å². The van der Waals surface area contributed by atoms with E-state index >= 15 is 0 Å². The van der Waals surface area contributed by atoms with Crippen LogP contribution in [0.15, 0.2) is 0 Å². The number of ether oxygens (including phenoxy) is 1. The van der Waals surface area contributed by atoms with E-state index in [0.717, 1.165) is 0 Å². The van der Waals surface area contributed by atoms with Crippen molar-refractivity contribution in [1.29, 1.82) is 0 Å². The zero-order chi connectivity index (χ0) is 15.1. The molecule has 0 aliphatic carbocycles. The number of nitrogens with two attached hydrogens (primary N) is 1. The zero-order valence-corrected chi connectivity index (χ0v) is 11.6. The number of carbonyl (C=O) groups is 3. The lowest BCUT2D eigenvalue weighted by molar-refractivity contribution is -0.138. The van der Waals surface area contributed by atoms with Crippen LogP contribution < -0.4 is 5.73 Å². The number of carboxylic acids is 1. The maximum absolute atomic E-state index is 12.0. The Bertz CT molecular complexity index is 366. The van der Waals surface area contributed by atoms with Crippen LogP contribution in [0.4, 0.5) is 4.79 Å². The number of likely N-dealkylation sites (tertiary alicyclic amines) is 1. The fraction of sp³-hybridized carbons (Fsp3) is 0.750. The topological polar surface area (TPSA) is 113 Å². The van der Waals surface area contributed by atoms with Crippen molar-refractivity contribution in [1.82, 2.24) is 9.80 Å². The quantitative estimate of drug-likeness (QED) is 0.682. The van der Waals surface area contributed by atoms with E-state index < -0.39 is 11.9 Å². The Kier molecular flexibility index (Phi) is 6.23. The van der Waals surface area contributed by atoms with Crippen molar-refractivity contribution >= 4 is 17.9 Å². The molecule has 114 valence electrons. The summed E-state index contributed by atoms with van der Waals surface area (Å²) in [4.78, 5) is 36.0. The van der Waals surface area contributed by atoms with Crippen molar-refractivity contribution in [3.05, 3.63) is 0 Å². The zero-order valence-electron chi connectivity index (χ0n) is 11.6. The number of rotatable bonds is 6. The molecule has 3 N–H and O–H groups in total. The number of carbonyl (C=O) groups excluding carboxylic acids is 2. The molecule has 1 rings (SSSR count). The van der Waals surface area contributed by atoms with Gasteiger partial charge in [-0.15, -0.1) is 0 Å². The number of piperidine rings is 1. The summed E-state index contributed by atoms with van der Waals surface area (Å²) < 4.78 is 5.44. The lowest BCUT2D eigenvalue weighted by Gasteiger charge is -2.34. The largest absolute Gasteiger partial charge is 0.481 e. The first kappa shape index (κ1) is 16.2. The van der Waals surface area contributed by atoms with Crippen LogP contribution in [0.25, 0.3) is 0 Å². The molecule has 1 heterocycles. The molecule has 0 aromatic carbocycles. The lowest BCUT2D eigenvalue weighted by atomic mass is 10.1. The van der Waals surface area contributed by atoms with Crippen LogP contribution in [-0.2, 0) is 14.3 Å². The van der Waals surface area contributed by atoms with Crippen molar-refractivity contribution < 1.29 is 24.2 Å². The average molecular weight is 287 g/mol. The number of urea groups is 1. The molecule has 0 unspecified atom stereocenters. The molecule has 20 heavy (non-hydrogen) atoms. The molecule has 0 atom stereocenters. The number of amides is 3. The number of hydrogen-bond acceptors (Lipinski definition) is 4. The van der Waals surface area contributed by atoms with Gasteiger partial charge in [-0.1, -0.05) is 0 Å². The first-order chi connectivity index (χ1) is 9.40. The minimum absolute atomic E-state index is 0.0134. The average Bonchev–Trinajstić information content (AvgIpc) is 2.37. The summed E-state index contributed by atoms with van der Waals surface area (Å²) in [6.45, 7) is 1.14. The molecule has 0 radical (unpaired) electrons. The molecular weight excluding hydrogens is 266 g/mol. The van der Waals surface area contributed by atoms with Gasteiger partial charge in [-0.2, -0.15) is 0 Å². The third kappa shape index (κ3) is 5.43. The van der Waals surface area contributed by atoms with E-state index in [1.807, 2.05) is 0 Å². The van der Waals surface area contributed by atoms with Crippen molar-refractivity contribution in [2.75, 3.05) is 33.3 Å². The number of aliphatic carboxylic acids is 1. The van der Waals surface area contributed by atoms with E-state index in [0.29, 0.717) is 25.9 Å². The van der Waals surface area contributed by atoms with Crippen molar-refractivity contribution in [3.8, 4) is 0 Å². The van der Waals surface area contributed by atoms with Gasteiger partial charge in [0.25, 0.3) is 0 Å². The van der Waals surface area contributed by atoms with Gasteiger partial charge in [0.05, 0.1) is 19.1 Å². The maximum atomic E-state index is 12.0. The molecule has 3 amide bonds. The predicted octanol–water partition coefficient (Wildman–Crippen LogP) is -0.521. The first-order valence-corrected chi connectivity index (χ1v) is 6.52. The minimum Gasteiger partial charge on any atom is -0.481 e. The predicted molar refractivity (Wildman–Crippen MR) is 70.0 cm³/mol. The second-order valence-corrected chi connectivity index (χ2v) is 4.81. The molecule has 1 aliphatic heterocycles. The molecule has 0 spiro atoms. The monoisotopic (exact) mass is 287 g/mol. The normalized spacial score (nSPS) is 15.9. The maximum Gasteiger partial charge on any atom is 0.320 e. The molecule has 0 saturated carbocycles. The third-order valence-corrected chi connectivity index (χ3v) is 3.10. The number of likely N-dealkylation sites (N-methyl/N-ethyl adjacent to an activating group) is 1. The van der Waals surface area contributed by atoms with Gasteiger partial charge < -0.3 is 25.4 Å². The SMILES string of the molecule is CN(CC(N)=O)C(=O)N1CCC(OCCC(=O)O)CC1. The molecule has 1 saturated heterocycles. The highest BCUT2D eigenvalue weighted by Gasteiger charge is 2.25. The van der Waals surface area contributed by atoms with E-state index in [1.54, 1.807) is 4.90 Å². The fourth-order valence-corrected chi connectivity index (χ4v) is 2.07. The smallest absolute Gasteiger partial charge is 0.320 e. The Morgan fingerprint density at radius 1 is 1.35 bits per heavy atom. The van der Waals surface area contributed by atoms with E-state index in [-0.39, 0.29) is 31.7 Å². The number of hydrogen-bond donors (Lipinski definition) is 2. The molecule has 1 fully saturated rings. The molecule has 1 aliphatic rings. The molecule has 8 heteroatoms. The van der Waals surface area contributed by atoms with Gasteiger partial charge in [-0.3, -0.25) is 9.59 Å². The van der Waals surface area contributed by atoms with Crippen LogP contribution in [-0.4, -0.2) is 72.2 Å². The number of carboxylic acid groups (broad SMARTS) is 1. The minimum atomic E-state index is -0.884. The molecule has 0 aromatic rings. The molecular formula is C12H21N3O5. The van der Waals surface area contributed by atoms with Gasteiger partial charge >= 0.3 is 12.0 Å². The van der Waals surface area contributed by atoms with Gasteiger partial charge in [0.2, 0.25) is 5.91 Å². The van der Waals surface area contributed by atoms with Gasteiger partial charge in [0.1, 0.15) is 6.54 Å². The van der Waals surface area contributed by atoms with Crippen molar-refractivity contribution in [2.45, 2.75) is 25.4 Å². The second kappa shape index (κ2) is 7.68. The van der Waals surface area contributed by atoms with Crippen LogP contribution in [0, 0.1) is 0 Å². The second-order valence-electron chi connectivity index (χ2n) is 4.81.